The summed E-state index contributed by atoms with van der Waals surface area (Å²) in [6, 6.07) is 0. The largest absolute Gasteiger partial charge is 0.303 e. The SMILES string of the molecule is CC=CCCC=CCC=O. The number of hydrogen-bond acceptors (Lipinski definition) is 1. The molecule has 0 spiro atoms. The van der Waals surface area contributed by atoms with Crippen LogP contribution in [0.4, 0.5) is 0 Å². The third kappa shape index (κ3) is 7.15. The molecule has 0 radical (unpaired) electrons. The lowest BCUT2D eigenvalue weighted by molar-refractivity contribution is -0.107. The van der Waals surface area contributed by atoms with Gasteiger partial charge in [-0.3, -0.25) is 0 Å². The fourth-order valence-corrected chi connectivity index (χ4v) is 0.629. The van der Waals surface area contributed by atoms with Crippen molar-refractivity contribution in [2.24, 2.45) is 0 Å². The van der Waals surface area contributed by atoms with E-state index in [9.17, 15) is 4.79 Å². The van der Waals surface area contributed by atoms with Crippen LogP contribution in [0.5, 0.6) is 0 Å². The second-order valence-corrected chi connectivity index (χ2v) is 2.02. The molecule has 10 heavy (non-hydrogen) atoms. The van der Waals surface area contributed by atoms with E-state index in [2.05, 4.69) is 6.08 Å². The van der Waals surface area contributed by atoms with E-state index in [0.717, 1.165) is 19.1 Å². The number of hydrogen-bond donors (Lipinski definition) is 0. The third-order valence-electron chi connectivity index (χ3n) is 1.13. The molecule has 0 unspecified atom stereocenters. The molecular formula is C9H14O. The van der Waals surface area contributed by atoms with Crippen LogP contribution in [-0.2, 0) is 4.79 Å². The van der Waals surface area contributed by atoms with E-state index in [-0.39, 0.29) is 0 Å². The summed E-state index contributed by atoms with van der Waals surface area (Å²) in [5, 5.41) is 0. The highest BCUT2D eigenvalue weighted by Gasteiger charge is 1.74. The van der Waals surface area contributed by atoms with Gasteiger partial charge in [-0.1, -0.05) is 24.3 Å². The summed E-state index contributed by atoms with van der Waals surface area (Å²) >= 11 is 0. The van der Waals surface area contributed by atoms with E-state index >= 15 is 0 Å². The van der Waals surface area contributed by atoms with Crippen LogP contribution in [0, 0.1) is 0 Å². The van der Waals surface area contributed by atoms with Crippen LogP contribution >= 0.6 is 0 Å². The summed E-state index contributed by atoms with van der Waals surface area (Å²) in [4.78, 5) is 9.83. The Morgan fingerprint density at radius 3 is 2.40 bits per heavy atom. The number of carbonyl (C=O) groups excluding carboxylic acids is 1. The van der Waals surface area contributed by atoms with Crippen molar-refractivity contribution in [3.05, 3.63) is 24.3 Å². The predicted octanol–water partition coefficient (Wildman–Crippen LogP) is 2.49. The molecule has 0 bridgehead atoms. The molecule has 0 aromatic heterocycles. The molecule has 0 fully saturated rings. The van der Waals surface area contributed by atoms with E-state index in [1.807, 2.05) is 25.2 Å². The van der Waals surface area contributed by atoms with E-state index in [4.69, 9.17) is 0 Å². The lowest BCUT2D eigenvalue weighted by Crippen LogP contribution is -1.67. The second kappa shape index (κ2) is 8.15. The number of carbonyl (C=O) groups is 1. The van der Waals surface area contributed by atoms with Crippen LogP contribution in [0.2, 0.25) is 0 Å². The Morgan fingerprint density at radius 1 is 1.10 bits per heavy atom. The zero-order valence-corrected chi connectivity index (χ0v) is 6.42. The van der Waals surface area contributed by atoms with Crippen molar-refractivity contribution < 1.29 is 4.79 Å². The van der Waals surface area contributed by atoms with Gasteiger partial charge in [0.15, 0.2) is 0 Å². The maximum Gasteiger partial charge on any atom is 0.123 e. The lowest BCUT2D eigenvalue weighted by Gasteiger charge is -1.83. The summed E-state index contributed by atoms with van der Waals surface area (Å²) < 4.78 is 0. The molecule has 0 saturated carbocycles. The molecule has 1 nitrogen and oxygen atoms in total. The van der Waals surface area contributed by atoms with E-state index in [1.165, 1.54) is 0 Å². The van der Waals surface area contributed by atoms with Gasteiger partial charge in [0, 0.05) is 6.42 Å². The van der Waals surface area contributed by atoms with Crippen LogP contribution in [0.25, 0.3) is 0 Å². The molecule has 1 heteroatoms. The molecule has 0 amide bonds. The normalized spacial score (nSPS) is 11.3. The Labute approximate surface area is 62.4 Å². The van der Waals surface area contributed by atoms with Gasteiger partial charge >= 0.3 is 0 Å². The van der Waals surface area contributed by atoms with Gasteiger partial charge < -0.3 is 4.79 Å². The van der Waals surface area contributed by atoms with Gasteiger partial charge in [0.2, 0.25) is 0 Å². The van der Waals surface area contributed by atoms with Crippen molar-refractivity contribution in [1.82, 2.24) is 0 Å². The van der Waals surface area contributed by atoms with Crippen molar-refractivity contribution in [2.75, 3.05) is 0 Å². The molecule has 0 atom stereocenters. The average molecular weight is 138 g/mol. The quantitative estimate of drug-likeness (QED) is 0.324. The third-order valence-corrected chi connectivity index (χ3v) is 1.13. The summed E-state index contributed by atoms with van der Waals surface area (Å²) in [6.07, 6.45) is 11.7. The molecule has 0 aromatic rings. The molecule has 0 aliphatic rings. The van der Waals surface area contributed by atoms with Crippen LogP contribution < -0.4 is 0 Å². The highest BCUT2D eigenvalue weighted by Crippen LogP contribution is 1.92. The summed E-state index contributed by atoms with van der Waals surface area (Å²) in [5.41, 5.74) is 0. The fraction of sp³-hybridized carbons (Fsp3) is 0.444. The molecule has 0 aliphatic carbocycles. The van der Waals surface area contributed by atoms with Gasteiger partial charge in [0.25, 0.3) is 0 Å². The maximum atomic E-state index is 9.83. The average Bonchev–Trinajstić information content (AvgIpc) is 1.97. The minimum Gasteiger partial charge on any atom is -0.303 e. The van der Waals surface area contributed by atoms with Gasteiger partial charge in [-0.05, 0) is 19.8 Å². The first-order valence-electron chi connectivity index (χ1n) is 3.61. The molecule has 0 saturated heterocycles. The summed E-state index contributed by atoms with van der Waals surface area (Å²) in [6.45, 7) is 2.01. The van der Waals surface area contributed by atoms with Crippen LogP contribution in [0.1, 0.15) is 26.2 Å². The summed E-state index contributed by atoms with van der Waals surface area (Å²) in [7, 11) is 0. The number of unbranched alkanes of at least 4 members (excludes halogenated alkanes) is 1. The summed E-state index contributed by atoms with van der Waals surface area (Å²) in [5.74, 6) is 0. The smallest absolute Gasteiger partial charge is 0.123 e. The van der Waals surface area contributed by atoms with Crippen molar-refractivity contribution in [3.8, 4) is 0 Å². The van der Waals surface area contributed by atoms with Crippen molar-refractivity contribution in [3.63, 3.8) is 0 Å². The Kier molecular flexibility index (Phi) is 7.46. The molecule has 56 valence electrons. The van der Waals surface area contributed by atoms with E-state index < -0.39 is 0 Å². The van der Waals surface area contributed by atoms with Crippen molar-refractivity contribution in [2.45, 2.75) is 26.2 Å². The Morgan fingerprint density at radius 2 is 1.80 bits per heavy atom. The minimum atomic E-state index is 0.551. The Bertz CT molecular complexity index is 123. The zero-order chi connectivity index (χ0) is 7.66. The first-order valence-corrected chi connectivity index (χ1v) is 3.61. The number of rotatable bonds is 5. The van der Waals surface area contributed by atoms with E-state index in [1.54, 1.807) is 0 Å². The van der Waals surface area contributed by atoms with Crippen LogP contribution in [-0.4, -0.2) is 6.29 Å². The van der Waals surface area contributed by atoms with Crippen LogP contribution in [0.3, 0.4) is 0 Å². The topological polar surface area (TPSA) is 17.1 Å². The monoisotopic (exact) mass is 138 g/mol. The second-order valence-electron chi connectivity index (χ2n) is 2.02. The predicted molar refractivity (Wildman–Crippen MR) is 43.9 cm³/mol. The molecule has 0 heterocycles. The molecule has 0 aliphatic heterocycles. The van der Waals surface area contributed by atoms with Crippen LogP contribution in [0.15, 0.2) is 24.3 Å². The number of aldehydes is 1. The molecule has 0 rings (SSSR count). The first kappa shape index (κ1) is 9.15. The molecule has 0 N–H and O–H groups in total. The lowest BCUT2D eigenvalue weighted by atomic mass is 10.2. The van der Waals surface area contributed by atoms with Crippen molar-refractivity contribution >= 4 is 6.29 Å². The van der Waals surface area contributed by atoms with Gasteiger partial charge in [-0.2, -0.15) is 0 Å². The number of allylic oxidation sites excluding steroid dienone is 4. The van der Waals surface area contributed by atoms with E-state index in [0.29, 0.717) is 6.42 Å². The Hall–Kier alpha value is -0.850. The van der Waals surface area contributed by atoms with Gasteiger partial charge in [0.05, 0.1) is 0 Å². The molecule has 0 aromatic carbocycles. The zero-order valence-electron chi connectivity index (χ0n) is 6.42. The highest BCUT2D eigenvalue weighted by atomic mass is 16.1. The highest BCUT2D eigenvalue weighted by molar-refractivity contribution is 5.51. The van der Waals surface area contributed by atoms with Gasteiger partial charge in [-0.15, -0.1) is 0 Å². The van der Waals surface area contributed by atoms with Gasteiger partial charge in [0.1, 0.15) is 6.29 Å². The van der Waals surface area contributed by atoms with Crippen molar-refractivity contribution in [1.29, 1.82) is 0 Å². The van der Waals surface area contributed by atoms with Gasteiger partial charge in [-0.25, -0.2) is 0 Å². The standard InChI is InChI=1S/C9H14O/c1-2-3-4-5-6-7-8-9-10/h2-3,6-7,9H,4-5,8H2,1H3. The fourth-order valence-electron chi connectivity index (χ4n) is 0.629. The maximum absolute atomic E-state index is 9.83. The molecular weight excluding hydrogens is 124 g/mol. The minimum absolute atomic E-state index is 0.551. The first-order chi connectivity index (χ1) is 4.91. The Balaban J connectivity index is 3.09.